The van der Waals surface area contributed by atoms with Crippen LogP contribution in [0.5, 0.6) is 0 Å². The van der Waals surface area contributed by atoms with Crippen LogP contribution in [0.4, 0.5) is 24.5 Å². The number of nitro groups is 1. The van der Waals surface area contributed by atoms with Crippen LogP contribution in [-0.2, 0) is 17.4 Å². The Bertz CT molecular complexity index is 764. The fraction of sp³-hybridized carbons (Fsp3) is 0.312. The third-order valence-corrected chi connectivity index (χ3v) is 4.24. The molecule has 2 aromatic rings. The lowest BCUT2D eigenvalue weighted by molar-refractivity contribution is -0.384. The quantitative estimate of drug-likeness (QED) is 0.533. The van der Waals surface area contributed by atoms with Crippen molar-refractivity contribution in [2.75, 3.05) is 18.4 Å². The van der Waals surface area contributed by atoms with Crippen molar-refractivity contribution in [3.8, 4) is 0 Å². The van der Waals surface area contributed by atoms with Gasteiger partial charge in [-0.25, -0.2) is 0 Å². The fourth-order valence-corrected chi connectivity index (χ4v) is 2.89. The van der Waals surface area contributed by atoms with Crippen LogP contribution in [0.2, 0.25) is 0 Å². The number of carbonyl (C=O) groups excluding carboxylic acids is 1. The number of nitrogens with one attached hydrogen (secondary N) is 2. The molecule has 0 unspecified atom stereocenters. The summed E-state index contributed by atoms with van der Waals surface area (Å²) in [5, 5.41) is 20.3. The highest BCUT2D eigenvalue weighted by Crippen LogP contribution is 2.34. The van der Waals surface area contributed by atoms with Crippen molar-refractivity contribution in [1.82, 2.24) is 5.32 Å². The molecule has 0 atom stereocenters. The zero-order chi connectivity index (χ0) is 19.2. The predicted molar refractivity (Wildman–Crippen MR) is 92.2 cm³/mol. The Morgan fingerprint density at radius 1 is 1.23 bits per heavy atom. The van der Waals surface area contributed by atoms with E-state index in [2.05, 4.69) is 10.6 Å². The molecule has 10 heteroatoms. The van der Waals surface area contributed by atoms with Gasteiger partial charge in [-0.15, -0.1) is 0 Å². The Balaban J connectivity index is 1.84. The first-order chi connectivity index (χ1) is 12.3. The topological polar surface area (TPSA) is 84.3 Å². The summed E-state index contributed by atoms with van der Waals surface area (Å²) in [6.45, 7) is 0.534. The fourth-order valence-electron chi connectivity index (χ4n) is 2.19. The number of hydrogen-bond acceptors (Lipinski definition) is 5. The van der Waals surface area contributed by atoms with Crippen LogP contribution in [-0.4, -0.2) is 23.9 Å². The maximum atomic E-state index is 12.6. The number of benzene rings is 1. The van der Waals surface area contributed by atoms with E-state index in [4.69, 9.17) is 0 Å². The highest BCUT2D eigenvalue weighted by Gasteiger charge is 2.33. The van der Waals surface area contributed by atoms with Crippen LogP contribution in [0.1, 0.15) is 17.5 Å². The largest absolute Gasteiger partial charge is 0.416 e. The summed E-state index contributed by atoms with van der Waals surface area (Å²) < 4.78 is 37.9. The summed E-state index contributed by atoms with van der Waals surface area (Å²) in [7, 11) is 0. The van der Waals surface area contributed by atoms with Gasteiger partial charge < -0.3 is 10.6 Å². The Morgan fingerprint density at radius 2 is 2.00 bits per heavy atom. The normalized spacial score (nSPS) is 11.2. The Kier molecular flexibility index (Phi) is 6.56. The minimum Gasteiger partial charge on any atom is -0.379 e. The number of hydrogen-bond donors (Lipinski definition) is 2. The maximum Gasteiger partial charge on any atom is 0.416 e. The number of thiophene rings is 1. The van der Waals surface area contributed by atoms with Crippen molar-refractivity contribution < 1.29 is 22.9 Å². The second kappa shape index (κ2) is 8.65. The van der Waals surface area contributed by atoms with Crippen LogP contribution in [0, 0.1) is 10.1 Å². The predicted octanol–water partition coefficient (Wildman–Crippen LogP) is 3.84. The molecule has 1 heterocycles. The monoisotopic (exact) mass is 387 g/mol. The molecule has 1 amide bonds. The summed E-state index contributed by atoms with van der Waals surface area (Å²) in [5.74, 6) is -0.248. The summed E-state index contributed by atoms with van der Waals surface area (Å²) in [5.41, 5.74) is -0.721. The summed E-state index contributed by atoms with van der Waals surface area (Å²) in [6.07, 6.45) is -3.92. The molecule has 0 aliphatic carbocycles. The van der Waals surface area contributed by atoms with Crippen molar-refractivity contribution in [1.29, 1.82) is 0 Å². The molecule has 1 aromatic carbocycles. The third-order valence-electron chi connectivity index (χ3n) is 3.51. The highest BCUT2D eigenvalue weighted by atomic mass is 32.1. The Labute approximate surface area is 151 Å². The molecule has 0 saturated heterocycles. The SMILES string of the molecule is O=C(CCNc1ccc(C(F)(F)F)cc1[N+](=O)[O-])NCCc1ccsc1. The van der Waals surface area contributed by atoms with Gasteiger partial charge >= 0.3 is 6.18 Å². The molecule has 0 radical (unpaired) electrons. The van der Waals surface area contributed by atoms with Crippen molar-refractivity contribution in [3.63, 3.8) is 0 Å². The minimum atomic E-state index is -4.66. The number of rotatable bonds is 8. The van der Waals surface area contributed by atoms with E-state index in [1.165, 1.54) is 0 Å². The van der Waals surface area contributed by atoms with E-state index in [-0.39, 0.29) is 24.6 Å². The Morgan fingerprint density at radius 3 is 2.62 bits per heavy atom. The maximum absolute atomic E-state index is 12.6. The van der Waals surface area contributed by atoms with Gasteiger partial charge in [0.05, 0.1) is 10.5 Å². The molecule has 0 fully saturated rings. The van der Waals surface area contributed by atoms with Crippen molar-refractivity contribution >= 4 is 28.6 Å². The average molecular weight is 387 g/mol. The number of carbonyl (C=O) groups is 1. The van der Waals surface area contributed by atoms with Crippen LogP contribution < -0.4 is 10.6 Å². The van der Waals surface area contributed by atoms with Gasteiger partial charge in [-0.1, -0.05) is 0 Å². The number of halogens is 3. The number of nitrogens with zero attached hydrogens (tertiary/aromatic N) is 1. The van der Waals surface area contributed by atoms with E-state index < -0.39 is 22.4 Å². The van der Waals surface area contributed by atoms with Crippen molar-refractivity contribution in [2.24, 2.45) is 0 Å². The van der Waals surface area contributed by atoms with Crippen LogP contribution in [0.25, 0.3) is 0 Å². The zero-order valence-electron chi connectivity index (χ0n) is 13.5. The van der Waals surface area contributed by atoms with E-state index in [0.29, 0.717) is 19.0 Å². The lowest BCUT2D eigenvalue weighted by atomic mass is 10.1. The van der Waals surface area contributed by atoms with E-state index in [1.54, 1.807) is 11.3 Å². The van der Waals surface area contributed by atoms with Crippen LogP contribution in [0.3, 0.4) is 0 Å². The number of alkyl halides is 3. The average Bonchev–Trinajstić information content (AvgIpc) is 3.07. The minimum absolute atomic E-state index is 0.0435. The number of anilines is 1. The molecule has 2 rings (SSSR count). The first kappa shape index (κ1) is 19.7. The molecule has 2 N–H and O–H groups in total. The molecule has 0 bridgehead atoms. The molecular formula is C16H16F3N3O3S. The van der Waals surface area contributed by atoms with Gasteiger partial charge in [0.15, 0.2) is 0 Å². The summed E-state index contributed by atoms with van der Waals surface area (Å²) in [4.78, 5) is 21.8. The number of amides is 1. The molecule has 0 aliphatic rings. The van der Waals surface area contributed by atoms with E-state index in [0.717, 1.165) is 17.7 Å². The van der Waals surface area contributed by atoms with Gasteiger partial charge in [-0.2, -0.15) is 24.5 Å². The molecule has 26 heavy (non-hydrogen) atoms. The van der Waals surface area contributed by atoms with Crippen molar-refractivity contribution in [2.45, 2.75) is 19.0 Å². The van der Waals surface area contributed by atoms with Crippen LogP contribution in [0.15, 0.2) is 35.0 Å². The van der Waals surface area contributed by atoms with Gasteiger partial charge in [-0.05, 0) is 40.9 Å². The van der Waals surface area contributed by atoms with Gasteiger partial charge in [-0.3, -0.25) is 14.9 Å². The van der Waals surface area contributed by atoms with Gasteiger partial charge in [0.1, 0.15) is 5.69 Å². The van der Waals surface area contributed by atoms with Crippen LogP contribution >= 0.6 is 11.3 Å². The highest BCUT2D eigenvalue weighted by molar-refractivity contribution is 7.07. The molecule has 0 spiro atoms. The molecule has 1 aromatic heterocycles. The van der Waals surface area contributed by atoms with Gasteiger partial charge in [0.25, 0.3) is 5.69 Å². The molecule has 0 aliphatic heterocycles. The lowest BCUT2D eigenvalue weighted by Gasteiger charge is -2.10. The molecule has 140 valence electrons. The second-order valence-corrected chi connectivity index (χ2v) is 6.18. The van der Waals surface area contributed by atoms with E-state index in [9.17, 15) is 28.1 Å². The standard InChI is InChI=1S/C16H16F3N3O3S/c17-16(18,19)12-1-2-13(14(9-12)22(24)25)20-7-4-15(23)21-6-3-11-5-8-26-10-11/h1-2,5,8-10,20H,3-4,6-7H2,(H,21,23). The van der Waals surface area contributed by atoms with Gasteiger partial charge in [0.2, 0.25) is 5.91 Å². The molecular weight excluding hydrogens is 371 g/mol. The number of nitro benzene ring substituents is 1. The van der Waals surface area contributed by atoms with Gasteiger partial charge in [0, 0.05) is 25.6 Å². The first-order valence-electron chi connectivity index (χ1n) is 7.64. The molecule has 6 nitrogen and oxygen atoms in total. The smallest absolute Gasteiger partial charge is 0.379 e. The lowest BCUT2D eigenvalue weighted by Crippen LogP contribution is -2.27. The van der Waals surface area contributed by atoms with E-state index in [1.807, 2.05) is 16.8 Å². The first-order valence-corrected chi connectivity index (χ1v) is 8.59. The van der Waals surface area contributed by atoms with E-state index >= 15 is 0 Å². The summed E-state index contributed by atoms with van der Waals surface area (Å²) in [6, 6.07) is 4.19. The second-order valence-electron chi connectivity index (χ2n) is 5.40. The summed E-state index contributed by atoms with van der Waals surface area (Å²) >= 11 is 1.57. The third kappa shape index (κ3) is 5.73. The zero-order valence-corrected chi connectivity index (χ0v) is 14.3. The van der Waals surface area contributed by atoms with Crippen molar-refractivity contribution in [3.05, 3.63) is 56.3 Å². The molecule has 0 saturated carbocycles. The Hall–Kier alpha value is -2.62.